The van der Waals surface area contributed by atoms with E-state index in [2.05, 4.69) is 15.3 Å². The van der Waals surface area contributed by atoms with Crippen molar-refractivity contribution in [3.63, 3.8) is 0 Å². The van der Waals surface area contributed by atoms with E-state index in [1.54, 1.807) is 13.1 Å². The van der Waals surface area contributed by atoms with Crippen LogP contribution >= 0.6 is 0 Å². The van der Waals surface area contributed by atoms with E-state index in [1.807, 2.05) is 0 Å². The first-order valence-corrected chi connectivity index (χ1v) is 8.68. The molecule has 0 aromatic carbocycles. The second-order valence-corrected chi connectivity index (χ2v) is 7.31. The summed E-state index contributed by atoms with van der Waals surface area (Å²) in [7, 11) is 1.68. The van der Waals surface area contributed by atoms with Crippen LogP contribution in [0.2, 0.25) is 0 Å². The normalized spacial score (nSPS) is 21.3. The minimum absolute atomic E-state index is 0.0856. The van der Waals surface area contributed by atoms with Gasteiger partial charge < -0.3 is 5.32 Å². The van der Waals surface area contributed by atoms with Crippen LogP contribution in [0.1, 0.15) is 36.9 Å². The van der Waals surface area contributed by atoms with Gasteiger partial charge in [0.1, 0.15) is 0 Å². The lowest BCUT2D eigenvalue weighted by Crippen LogP contribution is -2.45. The Bertz CT molecular complexity index is 664. The topological polar surface area (TPSA) is 67.2 Å². The smallest absolute Gasteiger partial charge is 0.266 e. The molecule has 2 heterocycles. The summed E-state index contributed by atoms with van der Waals surface area (Å²) in [5, 5.41) is 7.59. The number of aryl methyl sites for hydroxylation is 1. The van der Waals surface area contributed by atoms with Crippen LogP contribution < -0.4 is 10.9 Å². The molecule has 2 fully saturated rings. The molecule has 0 bridgehead atoms. The van der Waals surface area contributed by atoms with E-state index in [-0.39, 0.29) is 11.5 Å². The zero-order valence-corrected chi connectivity index (χ0v) is 13.6. The summed E-state index contributed by atoms with van der Waals surface area (Å²) in [5.41, 5.74) is 1.86. The molecule has 0 saturated heterocycles. The molecule has 1 aliphatic heterocycles. The highest BCUT2D eigenvalue weighted by Crippen LogP contribution is 2.44. The zero-order valence-electron chi connectivity index (χ0n) is 13.6. The van der Waals surface area contributed by atoms with E-state index >= 15 is 0 Å². The molecule has 0 atom stereocenters. The lowest BCUT2D eigenvalue weighted by molar-refractivity contribution is -0.123. The molecule has 6 nitrogen and oxygen atoms in total. The number of carbonyl (C=O) groups is 1. The molecular weight excluding hydrogens is 292 g/mol. The number of hydrogen-bond donors (Lipinski definition) is 1. The van der Waals surface area contributed by atoms with Crippen molar-refractivity contribution in [3.05, 3.63) is 27.7 Å². The van der Waals surface area contributed by atoms with Crippen molar-refractivity contribution >= 4 is 5.91 Å². The van der Waals surface area contributed by atoms with Crippen molar-refractivity contribution in [2.24, 2.45) is 18.9 Å². The van der Waals surface area contributed by atoms with Gasteiger partial charge in [0.25, 0.3) is 5.56 Å². The number of carbonyl (C=O) groups excluding carboxylic acids is 1. The highest BCUT2D eigenvalue weighted by molar-refractivity contribution is 5.78. The van der Waals surface area contributed by atoms with Crippen LogP contribution in [-0.2, 0) is 24.8 Å². The van der Waals surface area contributed by atoms with Crippen molar-refractivity contribution in [3.8, 4) is 0 Å². The summed E-state index contributed by atoms with van der Waals surface area (Å²) in [6.07, 6.45) is 5.88. The summed E-state index contributed by atoms with van der Waals surface area (Å²) in [5.74, 6) is 1.58. The van der Waals surface area contributed by atoms with Crippen LogP contribution in [0.15, 0.2) is 10.9 Å². The molecule has 1 N–H and O–H groups in total. The van der Waals surface area contributed by atoms with Crippen molar-refractivity contribution in [2.75, 3.05) is 13.1 Å². The van der Waals surface area contributed by atoms with Crippen LogP contribution in [0.5, 0.6) is 0 Å². The molecule has 4 rings (SSSR count). The number of fused-ring (bicyclic) bond motifs is 1. The van der Waals surface area contributed by atoms with Gasteiger partial charge in [-0.2, -0.15) is 5.10 Å². The van der Waals surface area contributed by atoms with Crippen LogP contribution in [0.4, 0.5) is 0 Å². The maximum Gasteiger partial charge on any atom is 0.266 e. The van der Waals surface area contributed by atoms with Gasteiger partial charge in [0.15, 0.2) is 0 Å². The van der Waals surface area contributed by atoms with Gasteiger partial charge in [0.05, 0.1) is 12.2 Å². The molecule has 0 unspecified atom stereocenters. The van der Waals surface area contributed by atoms with E-state index in [1.165, 1.54) is 30.4 Å². The van der Waals surface area contributed by atoms with Gasteiger partial charge in [-0.1, -0.05) is 0 Å². The Kier molecular flexibility index (Phi) is 3.71. The summed E-state index contributed by atoms with van der Waals surface area (Å²) < 4.78 is 1.39. The Morgan fingerprint density at radius 3 is 2.70 bits per heavy atom. The van der Waals surface area contributed by atoms with Gasteiger partial charge >= 0.3 is 0 Å². The quantitative estimate of drug-likeness (QED) is 0.856. The molecule has 0 spiro atoms. The van der Waals surface area contributed by atoms with Gasteiger partial charge in [-0.3, -0.25) is 14.5 Å². The number of nitrogens with one attached hydrogen (secondary N) is 1. The monoisotopic (exact) mass is 316 g/mol. The Balaban J connectivity index is 1.36. The van der Waals surface area contributed by atoms with E-state index in [0.29, 0.717) is 19.1 Å². The standard InChI is InChI=1S/C17H24N4O2/c1-20-16(23)8-13-9-21(7-6-14(13)19-20)10-15(22)18-17(11-2-3-11)12-4-5-12/h8,11-12,17H,2-7,9-10H2,1H3,(H,18,22). The second kappa shape index (κ2) is 5.74. The molecule has 6 heteroatoms. The van der Waals surface area contributed by atoms with Gasteiger partial charge in [-0.15, -0.1) is 0 Å². The van der Waals surface area contributed by atoms with E-state index in [4.69, 9.17) is 0 Å². The van der Waals surface area contributed by atoms with Crippen LogP contribution in [0.25, 0.3) is 0 Å². The first kappa shape index (κ1) is 14.9. The third-order valence-corrected chi connectivity index (χ3v) is 5.27. The predicted molar refractivity (Wildman–Crippen MR) is 85.8 cm³/mol. The fourth-order valence-corrected chi connectivity index (χ4v) is 3.65. The summed E-state index contributed by atoms with van der Waals surface area (Å²) in [4.78, 5) is 26.2. The zero-order chi connectivity index (χ0) is 16.0. The molecular formula is C17H24N4O2. The average Bonchev–Trinajstić information content (AvgIpc) is 3.38. The maximum absolute atomic E-state index is 12.4. The molecule has 1 aromatic rings. The highest BCUT2D eigenvalue weighted by atomic mass is 16.2. The molecule has 0 radical (unpaired) electrons. The van der Waals surface area contributed by atoms with E-state index in [9.17, 15) is 9.59 Å². The largest absolute Gasteiger partial charge is 0.352 e. The third-order valence-electron chi connectivity index (χ3n) is 5.27. The number of aromatic nitrogens is 2. The summed E-state index contributed by atoms with van der Waals surface area (Å²) >= 11 is 0. The van der Waals surface area contributed by atoms with Crippen LogP contribution in [-0.4, -0.2) is 39.7 Å². The van der Waals surface area contributed by atoms with Gasteiger partial charge in [-0.05, 0) is 43.1 Å². The average molecular weight is 316 g/mol. The number of rotatable bonds is 5. The maximum atomic E-state index is 12.4. The summed E-state index contributed by atoms with van der Waals surface area (Å²) in [6, 6.07) is 2.07. The first-order valence-electron chi connectivity index (χ1n) is 8.68. The minimum atomic E-state index is -0.0856. The summed E-state index contributed by atoms with van der Waals surface area (Å²) in [6.45, 7) is 1.89. The molecule has 2 aliphatic carbocycles. The Labute approximate surface area is 135 Å². The molecule has 1 amide bonds. The Morgan fingerprint density at radius 1 is 1.35 bits per heavy atom. The fraction of sp³-hybridized carbons (Fsp3) is 0.706. The number of hydrogen-bond acceptors (Lipinski definition) is 4. The molecule has 124 valence electrons. The van der Waals surface area contributed by atoms with Crippen molar-refractivity contribution < 1.29 is 4.79 Å². The molecule has 3 aliphatic rings. The lowest BCUT2D eigenvalue weighted by atomic mass is 10.1. The molecule has 2 saturated carbocycles. The van der Waals surface area contributed by atoms with Gasteiger partial charge in [0.2, 0.25) is 5.91 Å². The molecule has 1 aromatic heterocycles. The van der Waals surface area contributed by atoms with Crippen molar-refractivity contribution in [1.29, 1.82) is 0 Å². The number of amides is 1. The van der Waals surface area contributed by atoms with E-state index < -0.39 is 0 Å². The number of nitrogens with zero attached hydrogens (tertiary/aromatic N) is 3. The second-order valence-electron chi connectivity index (χ2n) is 7.31. The minimum Gasteiger partial charge on any atom is -0.352 e. The highest BCUT2D eigenvalue weighted by Gasteiger charge is 2.42. The first-order chi connectivity index (χ1) is 11.1. The van der Waals surface area contributed by atoms with Gasteiger partial charge in [0, 0.05) is 38.7 Å². The Hall–Kier alpha value is -1.69. The van der Waals surface area contributed by atoms with Crippen molar-refractivity contribution in [2.45, 2.75) is 44.7 Å². The lowest BCUT2D eigenvalue weighted by Gasteiger charge is -2.28. The van der Waals surface area contributed by atoms with Crippen LogP contribution in [0, 0.1) is 11.8 Å². The predicted octanol–water partition coefficient (Wildman–Crippen LogP) is 0.443. The van der Waals surface area contributed by atoms with Crippen molar-refractivity contribution in [1.82, 2.24) is 20.0 Å². The van der Waals surface area contributed by atoms with Crippen LogP contribution in [0.3, 0.4) is 0 Å². The van der Waals surface area contributed by atoms with E-state index in [0.717, 1.165) is 36.1 Å². The van der Waals surface area contributed by atoms with Gasteiger partial charge in [-0.25, -0.2) is 4.68 Å². The SMILES string of the molecule is Cn1nc2c(cc1=O)CN(CC(=O)NC(C1CC1)C1CC1)CC2. The Morgan fingerprint density at radius 2 is 2.04 bits per heavy atom. The fourth-order valence-electron chi connectivity index (χ4n) is 3.65. The molecule has 23 heavy (non-hydrogen) atoms. The third kappa shape index (κ3) is 3.32.